The molecule has 0 fully saturated rings. The standard InChI is InChI=1S/C22H18FN7O2/c1-14-27-28-29-30(14)20-13-18(11-12-19(20)23)24-21(31)15-7-9-17(10-8-15)26-22(32)25-16-5-3-2-4-6-16/h2-13H,1H3,(H,24,31)(H2,25,26,32). The number of rotatable bonds is 5. The van der Waals surface area contributed by atoms with E-state index in [0.717, 1.165) is 0 Å². The first-order chi connectivity index (χ1) is 15.5. The highest BCUT2D eigenvalue weighted by Gasteiger charge is 2.13. The van der Waals surface area contributed by atoms with Gasteiger partial charge in [0.2, 0.25) is 0 Å². The Bertz CT molecular complexity index is 1260. The number of aryl methyl sites for hydroxylation is 1. The number of carbonyl (C=O) groups is 2. The van der Waals surface area contributed by atoms with Crippen LogP contribution in [0.5, 0.6) is 0 Å². The monoisotopic (exact) mass is 431 g/mol. The minimum absolute atomic E-state index is 0.120. The fourth-order valence-corrected chi connectivity index (χ4v) is 2.93. The number of hydrogen-bond acceptors (Lipinski definition) is 5. The summed E-state index contributed by atoms with van der Waals surface area (Å²) in [5, 5.41) is 19.1. The van der Waals surface area contributed by atoms with Crippen molar-refractivity contribution in [2.24, 2.45) is 0 Å². The van der Waals surface area contributed by atoms with Crippen molar-refractivity contribution in [1.82, 2.24) is 20.2 Å². The molecule has 1 heterocycles. The molecule has 3 amide bonds. The first-order valence-electron chi connectivity index (χ1n) is 9.59. The smallest absolute Gasteiger partial charge is 0.322 e. The molecule has 9 nitrogen and oxygen atoms in total. The molecule has 0 saturated heterocycles. The molecule has 4 aromatic rings. The van der Waals surface area contributed by atoms with E-state index < -0.39 is 17.8 Å². The highest BCUT2D eigenvalue weighted by atomic mass is 19.1. The van der Waals surface area contributed by atoms with Gasteiger partial charge in [0.1, 0.15) is 11.5 Å². The third kappa shape index (κ3) is 4.75. The van der Waals surface area contributed by atoms with E-state index in [4.69, 9.17) is 0 Å². The molecule has 3 aromatic carbocycles. The van der Waals surface area contributed by atoms with Crippen LogP contribution in [0.1, 0.15) is 16.2 Å². The van der Waals surface area contributed by atoms with Crippen LogP contribution in [-0.4, -0.2) is 32.1 Å². The van der Waals surface area contributed by atoms with Gasteiger partial charge in [0.25, 0.3) is 5.91 Å². The van der Waals surface area contributed by atoms with E-state index in [1.54, 1.807) is 43.3 Å². The second-order valence-corrected chi connectivity index (χ2v) is 6.78. The van der Waals surface area contributed by atoms with Gasteiger partial charge in [-0.3, -0.25) is 4.79 Å². The number of nitrogens with one attached hydrogen (secondary N) is 3. The first kappa shape index (κ1) is 20.7. The van der Waals surface area contributed by atoms with Gasteiger partial charge in [-0.25, -0.2) is 9.18 Å². The van der Waals surface area contributed by atoms with E-state index in [9.17, 15) is 14.0 Å². The Labute approximate surface area is 182 Å². The van der Waals surface area contributed by atoms with Gasteiger partial charge in [-0.2, -0.15) is 4.68 Å². The minimum atomic E-state index is -0.525. The molecular weight excluding hydrogens is 413 g/mol. The zero-order chi connectivity index (χ0) is 22.5. The third-order valence-corrected chi connectivity index (χ3v) is 4.49. The van der Waals surface area contributed by atoms with Crippen LogP contribution in [-0.2, 0) is 0 Å². The SMILES string of the molecule is Cc1nnnn1-c1cc(NC(=O)c2ccc(NC(=O)Nc3ccccc3)cc2)ccc1F. The summed E-state index contributed by atoms with van der Waals surface area (Å²) < 4.78 is 15.4. The van der Waals surface area contributed by atoms with Gasteiger partial charge in [-0.05, 0) is 71.9 Å². The summed E-state index contributed by atoms with van der Waals surface area (Å²) in [6.45, 7) is 1.64. The predicted octanol–water partition coefficient (Wildman–Crippen LogP) is 4.01. The van der Waals surface area contributed by atoms with Crippen LogP contribution >= 0.6 is 0 Å². The molecule has 1 aromatic heterocycles. The van der Waals surface area contributed by atoms with Crippen LogP contribution in [0.25, 0.3) is 5.69 Å². The van der Waals surface area contributed by atoms with Gasteiger partial charge in [0.05, 0.1) is 0 Å². The maximum Gasteiger partial charge on any atom is 0.323 e. The molecule has 3 N–H and O–H groups in total. The molecule has 0 aliphatic carbocycles. The maximum atomic E-state index is 14.2. The number of benzene rings is 3. The van der Waals surface area contributed by atoms with E-state index in [2.05, 4.69) is 31.5 Å². The zero-order valence-electron chi connectivity index (χ0n) is 16.9. The number of amides is 3. The second-order valence-electron chi connectivity index (χ2n) is 6.78. The molecule has 160 valence electrons. The van der Waals surface area contributed by atoms with E-state index in [-0.39, 0.29) is 5.69 Å². The number of tetrazole rings is 1. The molecule has 0 spiro atoms. The third-order valence-electron chi connectivity index (χ3n) is 4.49. The van der Waals surface area contributed by atoms with Gasteiger partial charge in [0, 0.05) is 22.6 Å². The highest BCUT2D eigenvalue weighted by molar-refractivity contribution is 6.05. The van der Waals surface area contributed by atoms with Crippen LogP contribution in [0, 0.1) is 12.7 Å². The van der Waals surface area contributed by atoms with Crippen molar-refractivity contribution in [2.45, 2.75) is 6.92 Å². The number of halogens is 1. The Morgan fingerprint density at radius 2 is 1.50 bits per heavy atom. The van der Waals surface area contributed by atoms with Gasteiger partial charge < -0.3 is 16.0 Å². The quantitative estimate of drug-likeness (QED) is 0.442. The predicted molar refractivity (Wildman–Crippen MR) is 117 cm³/mol. The summed E-state index contributed by atoms with van der Waals surface area (Å²) in [5.41, 5.74) is 2.05. The Morgan fingerprint density at radius 1 is 0.844 bits per heavy atom. The average Bonchev–Trinajstić information content (AvgIpc) is 3.21. The number of para-hydroxylation sites is 1. The fraction of sp³-hybridized carbons (Fsp3) is 0.0455. The minimum Gasteiger partial charge on any atom is -0.322 e. The first-order valence-corrected chi connectivity index (χ1v) is 9.59. The summed E-state index contributed by atoms with van der Waals surface area (Å²) in [6, 6.07) is 19.1. The van der Waals surface area contributed by atoms with Crippen molar-refractivity contribution < 1.29 is 14.0 Å². The maximum absolute atomic E-state index is 14.2. The van der Waals surface area contributed by atoms with Crippen molar-refractivity contribution in [3.8, 4) is 5.69 Å². The number of anilines is 3. The molecule has 0 radical (unpaired) electrons. The van der Waals surface area contributed by atoms with Crippen molar-refractivity contribution in [2.75, 3.05) is 16.0 Å². The number of carbonyl (C=O) groups excluding carboxylic acids is 2. The van der Waals surface area contributed by atoms with Crippen molar-refractivity contribution in [3.63, 3.8) is 0 Å². The Balaban J connectivity index is 1.41. The van der Waals surface area contributed by atoms with Gasteiger partial charge in [0.15, 0.2) is 5.82 Å². The summed E-state index contributed by atoms with van der Waals surface area (Å²) in [5.74, 6) is -0.509. The van der Waals surface area contributed by atoms with E-state index in [1.807, 2.05) is 18.2 Å². The van der Waals surface area contributed by atoms with E-state index in [0.29, 0.717) is 28.5 Å². The number of urea groups is 1. The molecule has 32 heavy (non-hydrogen) atoms. The highest BCUT2D eigenvalue weighted by Crippen LogP contribution is 2.20. The number of aromatic nitrogens is 4. The molecule has 0 unspecified atom stereocenters. The molecule has 0 bridgehead atoms. The molecule has 0 aliphatic heterocycles. The lowest BCUT2D eigenvalue weighted by Crippen LogP contribution is -2.19. The molecule has 0 saturated carbocycles. The number of nitrogens with zero attached hydrogens (tertiary/aromatic N) is 4. The molecule has 10 heteroatoms. The average molecular weight is 431 g/mol. The van der Waals surface area contributed by atoms with Crippen LogP contribution in [0.3, 0.4) is 0 Å². The Morgan fingerprint density at radius 3 is 2.16 bits per heavy atom. The van der Waals surface area contributed by atoms with Crippen molar-refractivity contribution in [1.29, 1.82) is 0 Å². The topological polar surface area (TPSA) is 114 Å². The van der Waals surface area contributed by atoms with E-state index >= 15 is 0 Å². The summed E-state index contributed by atoms with van der Waals surface area (Å²) in [6.07, 6.45) is 0. The molecule has 0 atom stereocenters. The van der Waals surface area contributed by atoms with Crippen LogP contribution < -0.4 is 16.0 Å². The normalized spacial score (nSPS) is 10.4. The fourth-order valence-electron chi connectivity index (χ4n) is 2.93. The van der Waals surface area contributed by atoms with Crippen LogP contribution in [0.2, 0.25) is 0 Å². The van der Waals surface area contributed by atoms with Gasteiger partial charge >= 0.3 is 6.03 Å². The molecule has 4 rings (SSSR count). The van der Waals surface area contributed by atoms with Gasteiger partial charge in [-0.15, -0.1) is 5.10 Å². The lowest BCUT2D eigenvalue weighted by Gasteiger charge is -2.10. The van der Waals surface area contributed by atoms with E-state index in [1.165, 1.54) is 22.9 Å². The summed E-state index contributed by atoms with van der Waals surface area (Å²) in [4.78, 5) is 24.7. The van der Waals surface area contributed by atoms with Crippen molar-refractivity contribution in [3.05, 3.63) is 90.0 Å². The van der Waals surface area contributed by atoms with Gasteiger partial charge in [-0.1, -0.05) is 18.2 Å². The van der Waals surface area contributed by atoms with Crippen molar-refractivity contribution >= 4 is 29.0 Å². The summed E-state index contributed by atoms with van der Waals surface area (Å²) >= 11 is 0. The number of hydrogen-bond donors (Lipinski definition) is 3. The Kier molecular flexibility index (Phi) is 5.84. The Hall–Kier alpha value is -4.60. The molecule has 0 aliphatic rings. The second kappa shape index (κ2) is 9.04. The lowest BCUT2D eigenvalue weighted by atomic mass is 10.2. The zero-order valence-corrected chi connectivity index (χ0v) is 16.9. The summed E-state index contributed by atoms with van der Waals surface area (Å²) in [7, 11) is 0. The molecular formula is C22H18FN7O2. The van der Waals surface area contributed by atoms with Crippen LogP contribution in [0.15, 0.2) is 72.8 Å². The van der Waals surface area contributed by atoms with Crippen LogP contribution in [0.4, 0.5) is 26.2 Å². The lowest BCUT2D eigenvalue weighted by molar-refractivity contribution is 0.102. The largest absolute Gasteiger partial charge is 0.323 e.